The molecule has 1 aromatic heterocycles. The summed E-state index contributed by atoms with van der Waals surface area (Å²) >= 11 is 1.06. The Hall–Kier alpha value is -2.67. The maximum absolute atomic E-state index is 13.8. The van der Waals surface area contributed by atoms with Crippen LogP contribution in [0.5, 0.6) is 0 Å². The Balaban J connectivity index is 2.22. The lowest BCUT2D eigenvalue weighted by atomic mass is 10.2. The van der Waals surface area contributed by atoms with Crippen LogP contribution in [0, 0.1) is 15.9 Å². The van der Waals surface area contributed by atoms with Crippen molar-refractivity contribution in [2.75, 3.05) is 0 Å². The minimum Gasteiger partial charge on any atom is -0.316 e. The average molecular weight is 316 g/mol. The molecule has 0 fully saturated rings. The second-order valence-corrected chi connectivity index (χ2v) is 5.57. The molecule has 0 aliphatic carbocycles. The first kappa shape index (κ1) is 14.3. The van der Waals surface area contributed by atoms with E-state index in [2.05, 4.69) is 4.98 Å². The van der Waals surface area contributed by atoms with E-state index in [0.717, 1.165) is 11.8 Å². The van der Waals surface area contributed by atoms with Crippen molar-refractivity contribution in [1.82, 2.24) is 4.98 Å². The second kappa shape index (κ2) is 5.61. The molecule has 0 atom stereocenters. The predicted molar refractivity (Wildman–Crippen MR) is 81.7 cm³/mol. The van der Waals surface area contributed by atoms with E-state index in [9.17, 15) is 19.3 Å². The number of para-hydroxylation sites is 1. The summed E-state index contributed by atoms with van der Waals surface area (Å²) in [6, 6.07) is 12.0. The minimum atomic E-state index is -0.560. The number of non-ortho nitro benzene ring substituents is 1. The zero-order chi connectivity index (χ0) is 15.7. The Labute approximate surface area is 127 Å². The van der Waals surface area contributed by atoms with Crippen LogP contribution in [0.2, 0.25) is 0 Å². The molecule has 1 heterocycles. The fourth-order valence-corrected chi connectivity index (χ4v) is 3.11. The normalized spacial score (nSPS) is 10.8. The Morgan fingerprint density at radius 2 is 1.86 bits per heavy atom. The number of nitro groups is 1. The molecule has 3 rings (SSSR count). The van der Waals surface area contributed by atoms with Gasteiger partial charge >= 0.3 is 0 Å². The quantitative estimate of drug-likeness (QED) is 0.590. The third-order valence-corrected chi connectivity index (χ3v) is 4.18. The number of H-pyrrole nitrogens is 1. The number of hydrogen-bond acceptors (Lipinski definition) is 4. The highest BCUT2D eigenvalue weighted by Crippen LogP contribution is 2.35. The molecule has 0 radical (unpaired) electrons. The van der Waals surface area contributed by atoms with Crippen molar-refractivity contribution in [2.24, 2.45) is 0 Å². The largest absolute Gasteiger partial charge is 0.316 e. The first-order valence-electron chi connectivity index (χ1n) is 6.29. The maximum Gasteiger partial charge on any atom is 0.293 e. The number of benzene rings is 2. The third-order valence-electron chi connectivity index (χ3n) is 3.07. The van der Waals surface area contributed by atoms with Crippen LogP contribution in [0.4, 0.5) is 10.1 Å². The lowest BCUT2D eigenvalue weighted by Crippen LogP contribution is -2.06. The number of aromatic nitrogens is 1. The van der Waals surface area contributed by atoms with Crippen LogP contribution in [0.3, 0.4) is 0 Å². The van der Waals surface area contributed by atoms with Crippen molar-refractivity contribution < 1.29 is 9.31 Å². The number of nitrogens with zero attached hydrogens (tertiary/aromatic N) is 1. The average Bonchev–Trinajstić information content (AvgIpc) is 2.48. The Morgan fingerprint density at radius 3 is 2.59 bits per heavy atom. The summed E-state index contributed by atoms with van der Waals surface area (Å²) in [6.07, 6.45) is 0. The molecule has 0 unspecified atom stereocenters. The SMILES string of the molecule is O=c1cc(Sc2ccccc2F)c2cccc([N+](=O)[O-])c2[nH]1. The summed E-state index contributed by atoms with van der Waals surface area (Å²) in [5, 5.41) is 11.6. The lowest BCUT2D eigenvalue weighted by Gasteiger charge is -2.07. The first-order chi connectivity index (χ1) is 10.6. The number of nitrogens with one attached hydrogen (secondary N) is 1. The van der Waals surface area contributed by atoms with E-state index in [-0.39, 0.29) is 11.2 Å². The number of aromatic amines is 1. The predicted octanol–water partition coefficient (Wildman–Crippen LogP) is 3.73. The summed E-state index contributed by atoms with van der Waals surface area (Å²) in [6.45, 7) is 0. The van der Waals surface area contributed by atoms with E-state index < -0.39 is 16.3 Å². The Kier molecular flexibility index (Phi) is 3.64. The van der Waals surface area contributed by atoms with Crippen LogP contribution in [-0.4, -0.2) is 9.91 Å². The van der Waals surface area contributed by atoms with Gasteiger partial charge < -0.3 is 4.98 Å². The van der Waals surface area contributed by atoms with Gasteiger partial charge in [-0.1, -0.05) is 36.0 Å². The molecule has 5 nitrogen and oxygen atoms in total. The van der Waals surface area contributed by atoms with Crippen molar-refractivity contribution >= 4 is 28.4 Å². The van der Waals surface area contributed by atoms with E-state index in [1.807, 2.05) is 0 Å². The molecule has 110 valence electrons. The molecular formula is C15H9FN2O3S. The van der Waals surface area contributed by atoms with E-state index in [1.54, 1.807) is 24.3 Å². The zero-order valence-corrected chi connectivity index (χ0v) is 11.9. The molecule has 0 aliphatic rings. The van der Waals surface area contributed by atoms with E-state index >= 15 is 0 Å². The number of fused-ring (bicyclic) bond motifs is 1. The number of pyridine rings is 1. The highest BCUT2D eigenvalue weighted by atomic mass is 32.2. The van der Waals surface area contributed by atoms with Gasteiger partial charge in [0, 0.05) is 27.3 Å². The lowest BCUT2D eigenvalue weighted by molar-refractivity contribution is -0.383. The summed E-state index contributed by atoms with van der Waals surface area (Å²) in [5.41, 5.74) is -0.523. The molecule has 0 amide bonds. The maximum atomic E-state index is 13.8. The van der Waals surface area contributed by atoms with Gasteiger partial charge in [-0.3, -0.25) is 14.9 Å². The van der Waals surface area contributed by atoms with Gasteiger partial charge in [-0.2, -0.15) is 0 Å². The number of hydrogen-bond donors (Lipinski definition) is 1. The van der Waals surface area contributed by atoms with Crippen LogP contribution < -0.4 is 5.56 Å². The molecule has 0 aliphatic heterocycles. The van der Waals surface area contributed by atoms with Crippen molar-refractivity contribution in [1.29, 1.82) is 0 Å². The van der Waals surface area contributed by atoms with Crippen LogP contribution in [0.25, 0.3) is 10.9 Å². The van der Waals surface area contributed by atoms with Gasteiger partial charge in [0.05, 0.1) is 4.92 Å². The van der Waals surface area contributed by atoms with E-state index in [4.69, 9.17) is 0 Å². The van der Waals surface area contributed by atoms with E-state index in [0.29, 0.717) is 15.2 Å². The zero-order valence-electron chi connectivity index (χ0n) is 11.1. The molecule has 7 heteroatoms. The van der Waals surface area contributed by atoms with E-state index in [1.165, 1.54) is 24.3 Å². The first-order valence-corrected chi connectivity index (χ1v) is 7.11. The molecule has 22 heavy (non-hydrogen) atoms. The molecule has 0 saturated heterocycles. The summed E-state index contributed by atoms with van der Waals surface area (Å²) in [5.74, 6) is -0.411. The summed E-state index contributed by atoms with van der Waals surface area (Å²) in [4.78, 5) is 25.6. The van der Waals surface area contributed by atoms with Gasteiger partial charge in [0.25, 0.3) is 5.69 Å². The topological polar surface area (TPSA) is 76.0 Å². The van der Waals surface area contributed by atoms with Gasteiger partial charge in [0.15, 0.2) is 0 Å². The van der Waals surface area contributed by atoms with Crippen LogP contribution in [0.15, 0.2) is 63.1 Å². The highest BCUT2D eigenvalue weighted by Gasteiger charge is 2.16. The monoisotopic (exact) mass is 316 g/mol. The number of nitro benzene ring substituents is 1. The number of halogens is 1. The Bertz CT molecular complexity index is 939. The van der Waals surface area contributed by atoms with Crippen molar-refractivity contribution in [2.45, 2.75) is 9.79 Å². The third kappa shape index (κ3) is 2.58. The van der Waals surface area contributed by atoms with Gasteiger partial charge in [-0.15, -0.1) is 0 Å². The fraction of sp³-hybridized carbons (Fsp3) is 0. The highest BCUT2D eigenvalue weighted by molar-refractivity contribution is 7.99. The molecular weight excluding hydrogens is 307 g/mol. The molecule has 0 bridgehead atoms. The standard InChI is InChI=1S/C15H9FN2O3S/c16-10-5-1-2-7-12(10)22-13-8-14(19)17-15-9(13)4-3-6-11(15)18(20)21/h1-8H,(H,17,19). The molecule has 3 aromatic rings. The fourth-order valence-electron chi connectivity index (χ4n) is 2.12. The smallest absolute Gasteiger partial charge is 0.293 e. The number of rotatable bonds is 3. The van der Waals surface area contributed by atoms with Gasteiger partial charge in [0.2, 0.25) is 5.56 Å². The molecule has 0 saturated carbocycles. The van der Waals surface area contributed by atoms with Crippen LogP contribution in [-0.2, 0) is 0 Å². The Morgan fingerprint density at radius 1 is 1.09 bits per heavy atom. The second-order valence-electron chi connectivity index (χ2n) is 4.49. The summed E-state index contributed by atoms with van der Waals surface area (Å²) in [7, 11) is 0. The minimum absolute atomic E-state index is 0.138. The van der Waals surface area contributed by atoms with Gasteiger partial charge in [-0.25, -0.2) is 4.39 Å². The molecule has 1 N–H and O–H groups in total. The van der Waals surface area contributed by atoms with Crippen molar-refractivity contribution in [3.8, 4) is 0 Å². The van der Waals surface area contributed by atoms with Gasteiger partial charge in [-0.05, 0) is 12.1 Å². The van der Waals surface area contributed by atoms with Crippen molar-refractivity contribution in [3.63, 3.8) is 0 Å². The molecule has 2 aromatic carbocycles. The van der Waals surface area contributed by atoms with Gasteiger partial charge in [0.1, 0.15) is 11.3 Å². The van der Waals surface area contributed by atoms with Crippen molar-refractivity contribution in [3.05, 3.63) is 74.8 Å². The van der Waals surface area contributed by atoms with Crippen LogP contribution in [0.1, 0.15) is 0 Å². The molecule has 0 spiro atoms. The summed E-state index contributed by atoms with van der Waals surface area (Å²) < 4.78 is 13.8. The van der Waals surface area contributed by atoms with Crippen LogP contribution >= 0.6 is 11.8 Å².